The highest BCUT2D eigenvalue weighted by Gasteiger charge is 2.13. The molecule has 1 heterocycles. The quantitative estimate of drug-likeness (QED) is 0.461. The highest BCUT2D eigenvalue weighted by molar-refractivity contribution is 6.30. The standard InChI is InChI=1S/C25H24ClN3O/c1-17-10-11-18(2)20(14-17)16-29-23-9-4-3-8-22(23)28-24(29)12-13-27-25(30)19-6-5-7-21(26)15-19/h3-11,14-15H,12-13,16H2,1-2H3,(H,27,30). The number of halogens is 1. The second-order valence-corrected chi connectivity index (χ2v) is 7.99. The lowest BCUT2D eigenvalue weighted by atomic mass is 10.1. The predicted octanol–water partition coefficient (Wildman–Crippen LogP) is 5.33. The molecule has 30 heavy (non-hydrogen) atoms. The van der Waals surface area contributed by atoms with Crippen molar-refractivity contribution < 1.29 is 4.79 Å². The van der Waals surface area contributed by atoms with E-state index >= 15 is 0 Å². The molecule has 4 aromatic rings. The van der Waals surface area contributed by atoms with Crippen LogP contribution in [0.2, 0.25) is 5.02 Å². The highest BCUT2D eigenvalue weighted by Crippen LogP contribution is 2.20. The van der Waals surface area contributed by atoms with Crippen LogP contribution in [0.25, 0.3) is 11.0 Å². The summed E-state index contributed by atoms with van der Waals surface area (Å²) >= 11 is 5.99. The lowest BCUT2D eigenvalue weighted by Crippen LogP contribution is -2.26. The van der Waals surface area contributed by atoms with Gasteiger partial charge in [-0.3, -0.25) is 4.79 Å². The van der Waals surface area contributed by atoms with E-state index in [1.165, 1.54) is 16.7 Å². The maximum atomic E-state index is 12.4. The van der Waals surface area contributed by atoms with Gasteiger partial charge in [-0.15, -0.1) is 0 Å². The van der Waals surface area contributed by atoms with E-state index in [0.717, 1.165) is 23.4 Å². The number of para-hydroxylation sites is 2. The summed E-state index contributed by atoms with van der Waals surface area (Å²) in [6.45, 7) is 5.51. The summed E-state index contributed by atoms with van der Waals surface area (Å²) in [5.74, 6) is 0.832. The minimum atomic E-state index is -0.130. The summed E-state index contributed by atoms with van der Waals surface area (Å²) in [6, 6.07) is 21.7. The topological polar surface area (TPSA) is 46.9 Å². The number of carbonyl (C=O) groups excluding carboxylic acids is 1. The van der Waals surface area contributed by atoms with Gasteiger partial charge in [0.05, 0.1) is 11.0 Å². The molecule has 0 radical (unpaired) electrons. The smallest absolute Gasteiger partial charge is 0.251 e. The van der Waals surface area contributed by atoms with Crippen LogP contribution in [0.5, 0.6) is 0 Å². The van der Waals surface area contributed by atoms with Gasteiger partial charge in [-0.05, 0) is 55.3 Å². The summed E-state index contributed by atoms with van der Waals surface area (Å²) in [7, 11) is 0. The molecule has 4 nitrogen and oxygen atoms in total. The Labute approximate surface area is 181 Å². The first-order valence-electron chi connectivity index (χ1n) is 10.1. The van der Waals surface area contributed by atoms with Crippen molar-refractivity contribution in [2.75, 3.05) is 6.54 Å². The molecule has 0 aliphatic rings. The Bertz CT molecular complexity index is 1210. The Kier molecular flexibility index (Phi) is 5.86. The molecule has 152 valence electrons. The van der Waals surface area contributed by atoms with E-state index in [1.807, 2.05) is 18.2 Å². The maximum Gasteiger partial charge on any atom is 0.251 e. The fourth-order valence-corrected chi connectivity index (χ4v) is 3.84. The maximum absolute atomic E-state index is 12.4. The SMILES string of the molecule is Cc1ccc(C)c(Cn2c(CCNC(=O)c3cccc(Cl)c3)nc3ccccc32)c1. The van der Waals surface area contributed by atoms with Gasteiger partial charge in [0.2, 0.25) is 0 Å². The van der Waals surface area contributed by atoms with Gasteiger partial charge in [0.25, 0.3) is 5.91 Å². The molecule has 0 saturated carbocycles. The number of aromatic nitrogens is 2. The molecule has 0 bridgehead atoms. The third kappa shape index (κ3) is 4.39. The Hall–Kier alpha value is -3.11. The Morgan fingerprint density at radius 3 is 2.70 bits per heavy atom. The van der Waals surface area contributed by atoms with Gasteiger partial charge in [0.15, 0.2) is 0 Å². The molecule has 5 heteroatoms. The number of fused-ring (bicyclic) bond motifs is 1. The van der Waals surface area contributed by atoms with Gasteiger partial charge < -0.3 is 9.88 Å². The van der Waals surface area contributed by atoms with Gasteiger partial charge >= 0.3 is 0 Å². The molecule has 1 N–H and O–H groups in total. The number of aryl methyl sites for hydroxylation is 2. The largest absolute Gasteiger partial charge is 0.352 e. The number of hydrogen-bond donors (Lipinski definition) is 1. The van der Waals surface area contributed by atoms with Crippen molar-refractivity contribution in [3.05, 3.63) is 99.8 Å². The zero-order chi connectivity index (χ0) is 21.1. The molecule has 0 atom stereocenters. The predicted molar refractivity (Wildman–Crippen MR) is 122 cm³/mol. The highest BCUT2D eigenvalue weighted by atomic mass is 35.5. The number of benzene rings is 3. The lowest BCUT2D eigenvalue weighted by Gasteiger charge is -2.13. The zero-order valence-corrected chi connectivity index (χ0v) is 17.9. The number of amides is 1. The average Bonchev–Trinajstić information content (AvgIpc) is 3.08. The summed E-state index contributed by atoms with van der Waals surface area (Å²) in [5.41, 5.74) is 6.43. The van der Waals surface area contributed by atoms with Crippen molar-refractivity contribution in [3.8, 4) is 0 Å². The van der Waals surface area contributed by atoms with E-state index in [0.29, 0.717) is 23.6 Å². The lowest BCUT2D eigenvalue weighted by molar-refractivity contribution is 0.0954. The van der Waals surface area contributed by atoms with Crippen molar-refractivity contribution in [1.82, 2.24) is 14.9 Å². The van der Waals surface area contributed by atoms with Crippen LogP contribution in [-0.2, 0) is 13.0 Å². The summed E-state index contributed by atoms with van der Waals surface area (Å²) in [4.78, 5) is 17.3. The monoisotopic (exact) mass is 417 g/mol. The fraction of sp³-hybridized carbons (Fsp3) is 0.200. The van der Waals surface area contributed by atoms with Crippen LogP contribution in [-0.4, -0.2) is 22.0 Å². The number of nitrogens with zero attached hydrogens (tertiary/aromatic N) is 2. The Morgan fingerprint density at radius 1 is 1.03 bits per heavy atom. The van der Waals surface area contributed by atoms with E-state index in [2.05, 4.69) is 48.0 Å². The van der Waals surface area contributed by atoms with Crippen molar-refractivity contribution >= 4 is 28.5 Å². The second-order valence-electron chi connectivity index (χ2n) is 7.55. The number of imidazole rings is 1. The molecule has 1 aromatic heterocycles. The first-order chi connectivity index (χ1) is 14.5. The van der Waals surface area contributed by atoms with E-state index in [9.17, 15) is 4.79 Å². The van der Waals surface area contributed by atoms with Gasteiger partial charge in [-0.2, -0.15) is 0 Å². The molecule has 0 aliphatic carbocycles. The van der Waals surface area contributed by atoms with Crippen molar-refractivity contribution in [2.45, 2.75) is 26.8 Å². The Balaban J connectivity index is 1.55. The molecule has 0 unspecified atom stereocenters. The van der Waals surface area contributed by atoms with Crippen LogP contribution >= 0.6 is 11.6 Å². The molecule has 0 saturated heterocycles. The molecule has 1 amide bonds. The second kappa shape index (κ2) is 8.72. The van der Waals surface area contributed by atoms with Crippen LogP contribution in [0.3, 0.4) is 0 Å². The summed E-state index contributed by atoms with van der Waals surface area (Å²) < 4.78 is 2.25. The summed E-state index contributed by atoms with van der Waals surface area (Å²) in [6.07, 6.45) is 0.645. The van der Waals surface area contributed by atoms with Crippen molar-refractivity contribution in [3.63, 3.8) is 0 Å². The van der Waals surface area contributed by atoms with Crippen LogP contribution in [0.15, 0.2) is 66.7 Å². The molecule has 0 spiro atoms. The number of hydrogen-bond acceptors (Lipinski definition) is 2. The number of carbonyl (C=O) groups is 1. The molecule has 3 aromatic carbocycles. The minimum absolute atomic E-state index is 0.130. The van der Waals surface area contributed by atoms with Crippen LogP contribution in [0, 0.1) is 13.8 Å². The van der Waals surface area contributed by atoms with Gasteiger partial charge in [-0.25, -0.2) is 4.98 Å². The van der Waals surface area contributed by atoms with Crippen LogP contribution < -0.4 is 5.32 Å². The average molecular weight is 418 g/mol. The molecular formula is C25H24ClN3O. The molecular weight excluding hydrogens is 394 g/mol. The fourth-order valence-electron chi connectivity index (χ4n) is 3.65. The molecule has 4 rings (SSSR count). The van der Waals surface area contributed by atoms with Crippen LogP contribution in [0.4, 0.5) is 0 Å². The van der Waals surface area contributed by atoms with E-state index in [-0.39, 0.29) is 5.91 Å². The Morgan fingerprint density at radius 2 is 1.87 bits per heavy atom. The minimum Gasteiger partial charge on any atom is -0.352 e. The third-order valence-corrected chi connectivity index (χ3v) is 5.52. The van der Waals surface area contributed by atoms with Gasteiger partial charge in [0.1, 0.15) is 5.82 Å². The van der Waals surface area contributed by atoms with Crippen molar-refractivity contribution in [2.24, 2.45) is 0 Å². The summed E-state index contributed by atoms with van der Waals surface area (Å²) in [5, 5.41) is 3.53. The third-order valence-electron chi connectivity index (χ3n) is 5.29. The van der Waals surface area contributed by atoms with Gasteiger partial charge in [0, 0.05) is 30.1 Å². The van der Waals surface area contributed by atoms with E-state index in [1.54, 1.807) is 24.3 Å². The number of nitrogens with one attached hydrogen (secondary N) is 1. The van der Waals surface area contributed by atoms with Gasteiger partial charge in [-0.1, -0.05) is 53.6 Å². The van der Waals surface area contributed by atoms with E-state index in [4.69, 9.17) is 16.6 Å². The normalized spacial score (nSPS) is 11.0. The first-order valence-corrected chi connectivity index (χ1v) is 10.4. The molecule has 0 aliphatic heterocycles. The van der Waals surface area contributed by atoms with Crippen LogP contribution in [0.1, 0.15) is 32.9 Å². The van der Waals surface area contributed by atoms with Crippen molar-refractivity contribution in [1.29, 1.82) is 0 Å². The zero-order valence-electron chi connectivity index (χ0n) is 17.2. The van der Waals surface area contributed by atoms with E-state index < -0.39 is 0 Å². The molecule has 0 fully saturated rings. The number of rotatable bonds is 6. The first kappa shape index (κ1) is 20.2.